The highest BCUT2D eigenvalue weighted by Gasteiger charge is 2.23. The van der Waals surface area contributed by atoms with Crippen LogP contribution < -0.4 is 5.73 Å². The van der Waals surface area contributed by atoms with Gasteiger partial charge in [-0.3, -0.25) is 4.98 Å². The van der Waals surface area contributed by atoms with E-state index in [-0.39, 0.29) is 0 Å². The molecule has 88 valence electrons. The summed E-state index contributed by atoms with van der Waals surface area (Å²) in [5.74, 6) is 1.47. The fourth-order valence-electron chi connectivity index (χ4n) is 2.16. The lowest BCUT2D eigenvalue weighted by atomic mass is 10.0. The lowest BCUT2D eigenvalue weighted by Crippen LogP contribution is -2.14. The Morgan fingerprint density at radius 3 is 3.12 bits per heavy atom. The Morgan fingerprint density at radius 2 is 2.29 bits per heavy atom. The van der Waals surface area contributed by atoms with Crippen LogP contribution in [0, 0.1) is 0 Å². The van der Waals surface area contributed by atoms with E-state index in [0.29, 0.717) is 16.5 Å². The van der Waals surface area contributed by atoms with Crippen LogP contribution in [0.1, 0.15) is 17.4 Å². The zero-order chi connectivity index (χ0) is 12.0. The van der Waals surface area contributed by atoms with Crippen LogP contribution in [0.2, 0.25) is 5.02 Å². The monoisotopic (exact) mass is 266 g/mol. The van der Waals surface area contributed by atoms with Gasteiger partial charge in [-0.05, 0) is 18.2 Å². The Kier molecular flexibility index (Phi) is 2.65. The third-order valence-electron chi connectivity index (χ3n) is 2.95. The minimum atomic E-state index is -0.517. The maximum Gasteiger partial charge on any atom is 0.0918 e. The molecule has 3 nitrogen and oxygen atoms in total. The number of aliphatic hydroxyl groups excluding tert-OH is 1. The molecule has 1 aromatic heterocycles. The second-order valence-electron chi connectivity index (χ2n) is 4.08. The summed E-state index contributed by atoms with van der Waals surface area (Å²) in [6.07, 6.45) is -0.517. The molecule has 2 heterocycles. The lowest BCUT2D eigenvalue weighted by molar-refractivity contribution is 0.202. The van der Waals surface area contributed by atoms with Crippen molar-refractivity contribution >= 4 is 40.0 Å². The van der Waals surface area contributed by atoms with Crippen molar-refractivity contribution in [2.24, 2.45) is 0 Å². The van der Waals surface area contributed by atoms with E-state index in [1.165, 1.54) is 0 Å². The Balaban J connectivity index is 2.35. The summed E-state index contributed by atoms with van der Waals surface area (Å²) in [5.41, 5.74) is 9.22. The normalized spacial score (nSPS) is 19.3. The van der Waals surface area contributed by atoms with Gasteiger partial charge >= 0.3 is 0 Å². The van der Waals surface area contributed by atoms with Crippen LogP contribution in [-0.4, -0.2) is 15.8 Å². The van der Waals surface area contributed by atoms with Crippen molar-refractivity contribution in [1.29, 1.82) is 0 Å². The number of halogens is 1. The maximum absolute atomic E-state index is 9.99. The molecule has 0 bridgehead atoms. The molecular formula is C12H11ClN2OS. The van der Waals surface area contributed by atoms with Crippen molar-refractivity contribution in [3.05, 3.63) is 34.5 Å². The molecule has 0 spiro atoms. The van der Waals surface area contributed by atoms with Gasteiger partial charge in [0.25, 0.3) is 0 Å². The minimum absolute atomic E-state index is 0.517. The Bertz CT molecular complexity index is 603. The average Bonchev–Trinajstić information content (AvgIpc) is 2.28. The van der Waals surface area contributed by atoms with Crippen LogP contribution in [-0.2, 0) is 5.75 Å². The Morgan fingerprint density at radius 1 is 1.47 bits per heavy atom. The minimum Gasteiger partial charge on any atom is -0.398 e. The first-order valence-electron chi connectivity index (χ1n) is 5.30. The zero-order valence-corrected chi connectivity index (χ0v) is 10.6. The van der Waals surface area contributed by atoms with E-state index in [1.807, 2.05) is 6.07 Å². The van der Waals surface area contributed by atoms with Crippen LogP contribution in [0.3, 0.4) is 0 Å². The SMILES string of the molecule is Nc1c2c(nc3cc(Cl)ccc13)CSCC2O. The molecule has 1 aliphatic heterocycles. The average molecular weight is 267 g/mol. The third kappa shape index (κ3) is 1.76. The van der Waals surface area contributed by atoms with Gasteiger partial charge < -0.3 is 10.8 Å². The molecule has 2 aromatic rings. The number of thioether (sulfide) groups is 1. The van der Waals surface area contributed by atoms with Gasteiger partial charge in [-0.25, -0.2) is 0 Å². The van der Waals surface area contributed by atoms with Gasteiger partial charge in [-0.1, -0.05) is 11.6 Å². The summed E-state index contributed by atoms with van der Waals surface area (Å²) >= 11 is 7.61. The van der Waals surface area contributed by atoms with Crippen LogP contribution in [0.15, 0.2) is 18.2 Å². The zero-order valence-electron chi connectivity index (χ0n) is 8.98. The maximum atomic E-state index is 9.99. The Hall–Kier alpha value is -0.970. The number of fused-ring (bicyclic) bond motifs is 2. The highest BCUT2D eigenvalue weighted by Crippen LogP contribution is 2.38. The molecular weight excluding hydrogens is 256 g/mol. The number of hydrogen-bond acceptors (Lipinski definition) is 4. The molecule has 0 aliphatic carbocycles. The van der Waals surface area contributed by atoms with Crippen LogP contribution in [0.5, 0.6) is 0 Å². The largest absolute Gasteiger partial charge is 0.398 e. The van der Waals surface area contributed by atoms with Gasteiger partial charge in [0.1, 0.15) is 0 Å². The van der Waals surface area contributed by atoms with Crippen LogP contribution in [0.25, 0.3) is 10.9 Å². The van der Waals surface area contributed by atoms with E-state index >= 15 is 0 Å². The number of aromatic nitrogens is 1. The lowest BCUT2D eigenvalue weighted by Gasteiger charge is -2.23. The van der Waals surface area contributed by atoms with Crippen LogP contribution >= 0.6 is 23.4 Å². The van der Waals surface area contributed by atoms with Gasteiger partial charge in [0.2, 0.25) is 0 Å². The molecule has 0 radical (unpaired) electrons. The first-order chi connectivity index (χ1) is 8.16. The molecule has 1 aromatic carbocycles. The molecule has 0 amide bonds. The second kappa shape index (κ2) is 4.05. The first kappa shape index (κ1) is 11.1. The van der Waals surface area contributed by atoms with Crippen molar-refractivity contribution in [3.8, 4) is 0 Å². The molecule has 3 rings (SSSR count). The number of rotatable bonds is 0. The molecule has 1 unspecified atom stereocenters. The summed E-state index contributed by atoms with van der Waals surface area (Å²) in [4.78, 5) is 4.54. The van der Waals surface area contributed by atoms with Gasteiger partial charge in [0.05, 0.1) is 17.3 Å². The van der Waals surface area contributed by atoms with Gasteiger partial charge in [-0.15, -0.1) is 0 Å². The highest BCUT2D eigenvalue weighted by atomic mass is 35.5. The predicted octanol–water partition coefficient (Wildman–Crippen LogP) is 2.75. The smallest absolute Gasteiger partial charge is 0.0918 e. The van der Waals surface area contributed by atoms with Crippen LogP contribution in [0.4, 0.5) is 5.69 Å². The fraction of sp³-hybridized carbons (Fsp3) is 0.250. The molecule has 0 fully saturated rings. The standard InChI is InChI=1S/C12H11ClN2OS/c13-6-1-2-7-8(3-6)15-9-4-17-5-10(16)11(9)12(7)14/h1-3,10,16H,4-5H2,(H2,14,15). The van der Waals surface area contributed by atoms with E-state index in [1.54, 1.807) is 23.9 Å². The van der Waals surface area contributed by atoms with Gasteiger partial charge in [-0.2, -0.15) is 11.8 Å². The molecule has 0 saturated carbocycles. The van der Waals surface area contributed by atoms with Crippen molar-refractivity contribution in [1.82, 2.24) is 4.98 Å². The number of aliphatic hydroxyl groups is 1. The number of nitrogens with two attached hydrogens (primary N) is 1. The topological polar surface area (TPSA) is 59.1 Å². The summed E-state index contributed by atoms with van der Waals surface area (Å²) in [6, 6.07) is 5.45. The van der Waals surface area contributed by atoms with E-state index in [9.17, 15) is 5.11 Å². The first-order valence-corrected chi connectivity index (χ1v) is 6.83. The summed E-state index contributed by atoms with van der Waals surface area (Å²) in [6.45, 7) is 0. The van der Waals surface area contributed by atoms with Crippen molar-refractivity contribution < 1.29 is 5.11 Å². The number of nitrogen functional groups attached to an aromatic ring is 1. The highest BCUT2D eigenvalue weighted by molar-refractivity contribution is 7.98. The second-order valence-corrected chi connectivity index (χ2v) is 5.54. The number of anilines is 1. The number of nitrogens with zero attached hydrogens (tertiary/aromatic N) is 1. The summed E-state index contributed by atoms with van der Waals surface area (Å²) < 4.78 is 0. The Labute approximate surface area is 108 Å². The van der Waals surface area contributed by atoms with Crippen molar-refractivity contribution in [2.45, 2.75) is 11.9 Å². The third-order valence-corrected chi connectivity index (χ3v) is 4.22. The van der Waals surface area contributed by atoms with Crippen molar-refractivity contribution in [2.75, 3.05) is 11.5 Å². The molecule has 1 aliphatic rings. The molecule has 1 atom stereocenters. The molecule has 0 saturated heterocycles. The molecule has 5 heteroatoms. The van der Waals surface area contributed by atoms with Gasteiger partial charge in [0.15, 0.2) is 0 Å². The molecule has 3 N–H and O–H groups in total. The van der Waals surface area contributed by atoms with E-state index < -0.39 is 6.10 Å². The quantitative estimate of drug-likeness (QED) is 0.770. The summed E-state index contributed by atoms with van der Waals surface area (Å²) in [5, 5.41) is 11.5. The fourth-order valence-corrected chi connectivity index (χ4v) is 3.25. The predicted molar refractivity (Wildman–Crippen MR) is 72.3 cm³/mol. The van der Waals surface area contributed by atoms with E-state index in [4.69, 9.17) is 17.3 Å². The number of pyridine rings is 1. The summed E-state index contributed by atoms with van der Waals surface area (Å²) in [7, 11) is 0. The van der Waals surface area contributed by atoms with Crippen molar-refractivity contribution in [3.63, 3.8) is 0 Å². The number of benzene rings is 1. The van der Waals surface area contributed by atoms with Gasteiger partial charge in [0, 0.05) is 33.2 Å². The van der Waals surface area contributed by atoms with E-state index in [0.717, 1.165) is 27.9 Å². The van der Waals surface area contributed by atoms with E-state index in [2.05, 4.69) is 4.98 Å². The molecule has 17 heavy (non-hydrogen) atoms. The number of hydrogen-bond donors (Lipinski definition) is 2.